The molecule has 2 aromatic carbocycles. The molecular weight excluding hydrogens is 484 g/mol. The van der Waals surface area contributed by atoms with Gasteiger partial charge in [0.15, 0.2) is 17.8 Å². The van der Waals surface area contributed by atoms with Crippen molar-refractivity contribution in [3.05, 3.63) is 35.4 Å². The molecule has 0 spiro atoms. The van der Waals surface area contributed by atoms with Crippen molar-refractivity contribution in [3.8, 4) is 34.1 Å². The van der Waals surface area contributed by atoms with Crippen molar-refractivity contribution in [2.24, 2.45) is 0 Å². The van der Waals surface area contributed by atoms with Crippen LogP contribution < -0.4 is 9.47 Å². The van der Waals surface area contributed by atoms with Crippen LogP contribution in [0.4, 0.5) is 0 Å². The average molecular weight is 521 g/mol. The summed E-state index contributed by atoms with van der Waals surface area (Å²) in [5.41, 5.74) is 2.73. The van der Waals surface area contributed by atoms with Crippen molar-refractivity contribution in [1.29, 1.82) is 0 Å². The van der Waals surface area contributed by atoms with Gasteiger partial charge in [0.1, 0.15) is 30.2 Å². The minimum absolute atomic E-state index is 0.0114. The second-order valence-electron chi connectivity index (χ2n) is 9.59. The normalized spacial score (nSPS) is 28.5. The number of aryl methyl sites for hydroxylation is 2. The molecule has 6 N–H and O–H groups in total. The SMILES string of the molecule is COc1c2cc(c(O)c1OC)CCCCC(O[C@@H]1O[C@H](CO)[C@@H](O)[C@H](O)[C@H]1O)CCc1ccc(O)c-2c1. The van der Waals surface area contributed by atoms with Crippen LogP contribution in [-0.2, 0) is 22.3 Å². The van der Waals surface area contributed by atoms with Crippen molar-refractivity contribution >= 4 is 0 Å². The Morgan fingerprint density at radius 1 is 0.865 bits per heavy atom. The molecule has 1 saturated heterocycles. The van der Waals surface area contributed by atoms with Crippen LogP contribution in [0.15, 0.2) is 24.3 Å². The van der Waals surface area contributed by atoms with E-state index >= 15 is 0 Å². The number of phenols is 2. The maximum atomic E-state index is 10.9. The molecule has 0 aromatic heterocycles. The van der Waals surface area contributed by atoms with Gasteiger partial charge in [-0.05, 0) is 61.4 Å². The highest BCUT2D eigenvalue weighted by Crippen LogP contribution is 2.48. The van der Waals surface area contributed by atoms with Gasteiger partial charge in [0.05, 0.1) is 26.9 Å². The van der Waals surface area contributed by atoms with Gasteiger partial charge >= 0.3 is 0 Å². The van der Waals surface area contributed by atoms with Gasteiger partial charge < -0.3 is 49.6 Å². The predicted molar refractivity (Wildman–Crippen MR) is 133 cm³/mol. The van der Waals surface area contributed by atoms with Crippen molar-refractivity contribution < 1.29 is 49.6 Å². The average Bonchev–Trinajstić information content (AvgIpc) is 2.91. The lowest BCUT2D eigenvalue weighted by molar-refractivity contribution is -0.312. The Morgan fingerprint density at radius 2 is 1.62 bits per heavy atom. The molecule has 0 saturated carbocycles. The molecule has 6 atom stereocenters. The number of fused-ring (bicyclic) bond motifs is 5. The summed E-state index contributed by atoms with van der Waals surface area (Å²) in [4.78, 5) is 0. The zero-order valence-electron chi connectivity index (χ0n) is 21.0. The minimum atomic E-state index is -1.51. The fourth-order valence-corrected chi connectivity index (χ4v) is 5.09. The van der Waals surface area contributed by atoms with Crippen LogP contribution in [0, 0.1) is 0 Å². The first kappa shape index (κ1) is 27.4. The van der Waals surface area contributed by atoms with Gasteiger partial charge in [-0.1, -0.05) is 12.5 Å². The van der Waals surface area contributed by atoms with Gasteiger partial charge in [0.2, 0.25) is 5.75 Å². The summed E-state index contributed by atoms with van der Waals surface area (Å²) in [6.07, 6.45) is -3.32. The topological polar surface area (TPSA) is 158 Å². The van der Waals surface area contributed by atoms with E-state index in [2.05, 4.69) is 0 Å². The van der Waals surface area contributed by atoms with Crippen molar-refractivity contribution in [1.82, 2.24) is 0 Å². The lowest BCUT2D eigenvalue weighted by atomic mass is 9.95. The molecule has 10 nitrogen and oxygen atoms in total. The Morgan fingerprint density at radius 3 is 2.32 bits per heavy atom. The highest BCUT2D eigenvalue weighted by molar-refractivity contribution is 5.81. The standard InChI is InChI=1S/C27H36O10/c1-34-25-18-12-15(21(30)26(25)35-2)5-3-4-6-16(9-7-14-8-10-19(29)17(18)11-14)36-27-24(33)23(32)22(31)20(13-28)37-27/h8,10-12,16,20,22-24,27-33H,3-7,9,13H2,1-2H3/t16?,20-,22-,23+,24-,27-/m1/s1. The highest BCUT2D eigenvalue weighted by Gasteiger charge is 2.44. The molecule has 0 amide bonds. The molecule has 204 valence electrons. The molecular formula is C27H36O10. The summed E-state index contributed by atoms with van der Waals surface area (Å²) in [6.45, 7) is -0.527. The van der Waals surface area contributed by atoms with Gasteiger partial charge in [-0.25, -0.2) is 0 Å². The van der Waals surface area contributed by atoms with Crippen LogP contribution in [0.25, 0.3) is 11.1 Å². The summed E-state index contributed by atoms with van der Waals surface area (Å²) >= 11 is 0. The van der Waals surface area contributed by atoms with Gasteiger partial charge in [-0.2, -0.15) is 0 Å². The Bertz CT molecular complexity index is 1070. The quantitative estimate of drug-likeness (QED) is 0.342. The Labute approximate surface area is 215 Å². The summed E-state index contributed by atoms with van der Waals surface area (Å²) < 4.78 is 22.7. The Hall–Kier alpha value is -2.60. The molecule has 37 heavy (non-hydrogen) atoms. The molecule has 1 aliphatic carbocycles. The highest BCUT2D eigenvalue weighted by atomic mass is 16.7. The van der Waals surface area contributed by atoms with E-state index in [1.165, 1.54) is 14.2 Å². The first-order valence-corrected chi connectivity index (χ1v) is 12.5. The first-order valence-electron chi connectivity index (χ1n) is 12.5. The molecule has 1 aliphatic heterocycles. The number of hydrogen-bond acceptors (Lipinski definition) is 10. The minimum Gasteiger partial charge on any atom is -0.507 e. The summed E-state index contributed by atoms with van der Waals surface area (Å²) in [6, 6.07) is 7.09. The van der Waals surface area contributed by atoms with Gasteiger partial charge in [-0.3, -0.25) is 0 Å². The number of hydrogen-bond donors (Lipinski definition) is 6. The number of ether oxygens (including phenoxy) is 4. The van der Waals surface area contributed by atoms with E-state index in [4.69, 9.17) is 18.9 Å². The van der Waals surface area contributed by atoms with Crippen molar-refractivity contribution in [2.75, 3.05) is 20.8 Å². The lowest BCUT2D eigenvalue weighted by Crippen LogP contribution is -2.59. The van der Waals surface area contributed by atoms with E-state index in [0.29, 0.717) is 54.5 Å². The number of aromatic hydroxyl groups is 2. The zero-order chi connectivity index (χ0) is 26.7. The van der Waals surface area contributed by atoms with E-state index in [9.17, 15) is 30.6 Å². The lowest BCUT2D eigenvalue weighted by Gasteiger charge is -2.41. The molecule has 1 heterocycles. The van der Waals surface area contributed by atoms with E-state index in [-0.39, 0.29) is 23.4 Å². The van der Waals surface area contributed by atoms with Crippen LogP contribution in [0.2, 0.25) is 0 Å². The Balaban J connectivity index is 1.64. The molecule has 4 rings (SSSR count). The number of phenolic OH excluding ortho intramolecular Hbond substituents is 2. The largest absolute Gasteiger partial charge is 0.507 e. The van der Waals surface area contributed by atoms with Crippen LogP contribution in [0.1, 0.15) is 36.8 Å². The van der Waals surface area contributed by atoms with E-state index in [1.54, 1.807) is 6.07 Å². The molecule has 4 bridgehead atoms. The van der Waals surface area contributed by atoms with Crippen LogP contribution in [0.5, 0.6) is 23.0 Å². The third kappa shape index (κ3) is 5.64. The van der Waals surface area contributed by atoms with Gasteiger partial charge in [-0.15, -0.1) is 0 Å². The molecule has 0 radical (unpaired) electrons. The molecule has 10 heteroatoms. The van der Waals surface area contributed by atoms with E-state index in [0.717, 1.165) is 12.0 Å². The predicted octanol–water partition coefficient (Wildman–Crippen LogP) is 1.63. The number of methoxy groups -OCH3 is 2. The van der Waals surface area contributed by atoms with Crippen LogP contribution >= 0.6 is 0 Å². The second-order valence-corrected chi connectivity index (χ2v) is 9.59. The van der Waals surface area contributed by atoms with Crippen LogP contribution in [0.3, 0.4) is 0 Å². The van der Waals surface area contributed by atoms with E-state index in [1.807, 2.05) is 18.2 Å². The maximum absolute atomic E-state index is 10.9. The summed E-state index contributed by atoms with van der Waals surface area (Å²) in [5, 5.41) is 61.7. The fourth-order valence-electron chi connectivity index (χ4n) is 5.09. The first-order chi connectivity index (χ1) is 17.8. The van der Waals surface area contributed by atoms with Gasteiger partial charge in [0.25, 0.3) is 0 Å². The van der Waals surface area contributed by atoms with Gasteiger partial charge in [0, 0.05) is 11.1 Å². The maximum Gasteiger partial charge on any atom is 0.203 e. The molecule has 1 unspecified atom stereocenters. The summed E-state index contributed by atoms with van der Waals surface area (Å²) in [7, 11) is 2.94. The number of aliphatic hydroxyl groups excluding tert-OH is 4. The fraction of sp³-hybridized carbons (Fsp3) is 0.556. The molecule has 2 aromatic rings. The monoisotopic (exact) mass is 520 g/mol. The number of rotatable bonds is 5. The van der Waals surface area contributed by atoms with Crippen molar-refractivity contribution in [3.63, 3.8) is 0 Å². The third-order valence-corrected chi connectivity index (χ3v) is 7.20. The number of benzene rings is 2. The van der Waals surface area contributed by atoms with Crippen molar-refractivity contribution in [2.45, 2.75) is 75.3 Å². The molecule has 2 aliphatic rings. The van der Waals surface area contributed by atoms with E-state index < -0.39 is 37.3 Å². The zero-order valence-corrected chi connectivity index (χ0v) is 21.0. The Kier molecular flexibility index (Phi) is 8.79. The van der Waals surface area contributed by atoms with Crippen LogP contribution in [-0.4, -0.2) is 88.3 Å². The number of aliphatic hydroxyl groups is 4. The molecule has 1 fully saturated rings. The second kappa shape index (κ2) is 11.8. The smallest absolute Gasteiger partial charge is 0.203 e. The third-order valence-electron chi connectivity index (χ3n) is 7.20. The summed E-state index contributed by atoms with van der Waals surface area (Å²) in [5.74, 6) is 0.584.